The number of amides is 1. The lowest BCUT2D eigenvalue weighted by atomic mass is 10.2. The SMILES string of the molecule is C[C@@H](Oc1ccc(F)cc1Cl)C(=O)NCc1cccnc1. The minimum atomic E-state index is -0.746. The minimum absolute atomic E-state index is 0.127. The number of hydrogen-bond donors (Lipinski definition) is 1. The second-order valence-electron chi connectivity index (χ2n) is 4.41. The van der Waals surface area contributed by atoms with Crippen molar-refractivity contribution in [3.05, 3.63) is 59.1 Å². The smallest absolute Gasteiger partial charge is 0.261 e. The Balaban J connectivity index is 1.90. The van der Waals surface area contributed by atoms with Gasteiger partial charge in [0.1, 0.15) is 11.6 Å². The third kappa shape index (κ3) is 4.43. The van der Waals surface area contributed by atoms with E-state index in [1.807, 2.05) is 6.07 Å². The van der Waals surface area contributed by atoms with E-state index in [1.54, 1.807) is 25.4 Å². The number of hydrogen-bond acceptors (Lipinski definition) is 3. The Morgan fingerprint density at radius 2 is 2.29 bits per heavy atom. The maximum Gasteiger partial charge on any atom is 0.261 e. The molecule has 1 aromatic heterocycles. The molecule has 6 heteroatoms. The summed E-state index contributed by atoms with van der Waals surface area (Å²) in [5, 5.41) is 2.86. The van der Waals surface area contributed by atoms with E-state index in [4.69, 9.17) is 16.3 Å². The maximum atomic E-state index is 12.9. The number of rotatable bonds is 5. The van der Waals surface area contributed by atoms with Crippen molar-refractivity contribution < 1.29 is 13.9 Å². The predicted octanol–water partition coefficient (Wildman–Crippen LogP) is 2.96. The van der Waals surface area contributed by atoms with E-state index in [9.17, 15) is 9.18 Å². The fourth-order valence-electron chi connectivity index (χ4n) is 1.65. The van der Waals surface area contributed by atoms with Crippen LogP contribution in [-0.2, 0) is 11.3 Å². The molecular weight excluding hydrogens is 295 g/mol. The van der Waals surface area contributed by atoms with Crippen LogP contribution < -0.4 is 10.1 Å². The summed E-state index contributed by atoms with van der Waals surface area (Å²) >= 11 is 5.85. The van der Waals surface area contributed by atoms with E-state index < -0.39 is 11.9 Å². The molecule has 0 unspecified atom stereocenters. The van der Waals surface area contributed by atoms with Gasteiger partial charge in [-0.1, -0.05) is 17.7 Å². The highest BCUT2D eigenvalue weighted by atomic mass is 35.5. The summed E-state index contributed by atoms with van der Waals surface area (Å²) < 4.78 is 18.4. The number of pyridine rings is 1. The number of carbonyl (C=O) groups excluding carboxylic acids is 1. The Bertz CT molecular complexity index is 622. The Hall–Kier alpha value is -2.14. The summed E-state index contributed by atoms with van der Waals surface area (Å²) in [6, 6.07) is 7.40. The molecule has 0 radical (unpaired) electrons. The number of benzene rings is 1. The van der Waals surface area contributed by atoms with Gasteiger partial charge < -0.3 is 10.1 Å². The molecule has 110 valence electrons. The van der Waals surface area contributed by atoms with Crippen LogP contribution in [0.4, 0.5) is 4.39 Å². The zero-order chi connectivity index (χ0) is 15.2. The average molecular weight is 309 g/mol. The number of nitrogens with one attached hydrogen (secondary N) is 1. The molecular formula is C15H14ClFN2O2. The topological polar surface area (TPSA) is 51.2 Å². The largest absolute Gasteiger partial charge is 0.479 e. The molecule has 0 aliphatic carbocycles. The van der Waals surface area contributed by atoms with Crippen molar-refractivity contribution in [3.8, 4) is 5.75 Å². The van der Waals surface area contributed by atoms with E-state index in [2.05, 4.69) is 10.3 Å². The van der Waals surface area contributed by atoms with E-state index in [-0.39, 0.29) is 16.7 Å². The molecule has 0 saturated carbocycles. The first-order chi connectivity index (χ1) is 10.1. The molecule has 1 N–H and O–H groups in total. The third-order valence-corrected chi connectivity index (χ3v) is 3.05. The number of aromatic nitrogens is 1. The van der Waals surface area contributed by atoms with Gasteiger partial charge in [-0.05, 0) is 36.8 Å². The molecule has 21 heavy (non-hydrogen) atoms. The number of halogens is 2. The van der Waals surface area contributed by atoms with Crippen molar-refractivity contribution >= 4 is 17.5 Å². The summed E-state index contributed by atoms with van der Waals surface area (Å²) in [7, 11) is 0. The standard InChI is InChI=1S/C15H14ClFN2O2/c1-10(21-14-5-4-12(17)7-13(14)16)15(20)19-9-11-3-2-6-18-8-11/h2-8,10H,9H2,1H3,(H,19,20)/t10-/m1/s1. The van der Waals surface area contributed by atoms with Crippen LogP contribution in [0.3, 0.4) is 0 Å². The molecule has 0 fully saturated rings. The molecule has 0 saturated heterocycles. The van der Waals surface area contributed by atoms with E-state index in [1.165, 1.54) is 12.1 Å². The lowest BCUT2D eigenvalue weighted by molar-refractivity contribution is -0.127. The van der Waals surface area contributed by atoms with E-state index in [0.29, 0.717) is 6.54 Å². The van der Waals surface area contributed by atoms with Gasteiger partial charge in [-0.3, -0.25) is 9.78 Å². The lowest BCUT2D eigenvalue weighted by Crippen LogP contribution is -2.35. The molecule has 2 rings (SSSR count). The Morgan fingerprint density at radius 1 is 1.48 bits per heavy atom. The maximum absolute atomic E-state index is 12.9. The van der Waals surface area contributed by atoms with Crippen molar-refractivity contribution in [2.24, 2.45) is 0 Å². The first kappa shape index (κ1) is 15.3. The zero-order valence-electron chi connectivity index (χ0n) is 11.3. The Kier molecular flexibility index (Phi) is 5.11. The number of ether oxygens (including phenoxy) is 1. The van der Waals surface area contributed by atoms with Crippen LogP contribution in [0.1, 0.15) is 12.5 Å². The van der Waals surface area contributed by atoms with Crippen molar-refractivity contribution in [1.29, 1.82) is 0 Å². The fraction of sp³-hybridized carbons (Fsp3) is 0.200. The lowest BCUT2D eigenvalue weighted by Gasteiger charge is -2.15. The van der Waals surface area contributed by atoms with Gasteiger partial charge in [0.25, 0.3) is 5.91 Å². The minimum Gasteiger partial charge on any atom is -0.479 e. The first-order valence-corrected chi connectivity index (χ1v) is 6.72. The van der Waals surface area contributed by atoms with Crippen LogP contribution in [0.15, 0.2) is 42.7 Å². The van der Waals surface area contributed by atoms with Crippen LogP contribution in [-0.4, -0.2) is 17.0 Å². The van der Waals surface area contributed by atoms with Crippen LogP contribution in [0.2, 0.25) is 5.02 Å². The van der Waals surface area contributed by atoms with Crippen molar-refractivity contribution in [2.45, 2.75) is 19.6 Å². The molecule has 0 bridgehead atoms. The molecule has 2 aromatic rings. The highest BCUT2D eigenvalue weighted by Gasteiger charge is 2.16. The fourth-order valence-corrected chi connectivity index (χ4v) is 1.86. The molecule has 1 heterocycles. The highest BCUT2D eigenvalue weighted by Crippen LogP contribution is 2.25. The summed E-state index contributed by atoms with van der Waals surface area (Å²) in [5.74, 6) is -0.484. The van der Waals surface area contributed by atoms with Gasteiger partial charge in [0.2, 0.25) is 0 Å². The van der Waals surface area contributed by atoms with Crippen molar-refractivity contribution in [1.82, 2.24) is 10.3 Å². The highest BCUT2D eigenvalue weighted by molar-refractivity contribution is 6.32. The van der Waals surface area contributed by atoms with Crippen LogP contribution in [0, 0.1) is 5.82 Å². The molecule has 0 aliphatic heterocycles. The summed E-state index contributed by atoms with van der Waals surface area (Å²) in [4.78, 5) is 15.9. The monoisotopic (exact) mass is 308 g/mol. The normalized spacial score (nSPS) is 11.8. The Labute approximate surface area is 126 Å². The van der Waals surface area contributed by atoms with Gasteiger partial charge >= 0.3 is 0 Å². The van der Waals surface area contributed by atoms with Gasteiger partial charge in [0.15, 0.2) is 6.10 Å². The van der Waals surface area contributed by atoms with Gasteiger partial charge in [-0.25, -0.2) is 4.39 Å². The third-order valence-electron chi connectivity index (χ3n) is 2.76. The molecule has 0 spiro atoms. The molecule has 1 amide bonds. The van der Waals surface area contributed by atoms with Gasteiger partial charge in [-0.2, -0.15) is 0 Å². The molecule has 0 aliphatic rings. The summed E-state index contributed by atoms with van der Waals surface area (Å²) in [6.07, 6.45) is 2.58. The van der Waals surface area contributed by atoms with Gasteiger partial charge in [0.05, 0.1) is 5.02 Å². The molecule has 1 aromatic carbocycles. The average Bonchev–Trinajstić information content (AvgIpc) is 2.48. The van der Waals surface area contributed by atoms with Crippen molar-refractivity contribution in [3.63, 3.8) is 0 Å². The summed E-state index contributed by atoms with van der Waals surface area (Å²) in [5.41, 5.74) is 0.887. The molecule has 4 nitrogen and oxygen atoms in total. The zero-order valence-corrected chi connectivity index (χ0v) is 12.1. The second kappa shape index (κ2) is 7.04. The second-order valence-corrected chi connectivity index (χ2v) is 4.82. The first-order valence-electron chi connectivity index (χ1n) is 6.34. The molecule has 1 atom stereocenters. The Morgan fingerprint density at radius 3 is 2.95 bits per heavy atom. The van der Waals surface area contributed by atoms with Crippen LogP contribution in [0.5, 0.6) is 5.75 Å². The van der Waals surface area contributed by atoms with Gasteiger partial charge in [0, 0.05) is 18.9 Å². The quantitative estimate of drug-likeness (QED) is 0.924. The van der Waals surface area contributed by atoms with E-state index >= 15 is 0 Å². The van der Waals surface area contributed by atoms with Crippen molar-refractivity contribution in [2.75, 3.05) is 0 Å². The number of carbonyl (C=O) groups is 1. The predicted molar refractivity (Wildman–Crippen MR) is 77.6 cm³/mol. The van der Waals surface area contributed by atoms with Crippen LogP contribution >= 0.6 is 11.6 Å². The summed E-state index contributed by atoms with van der Waals surface area (Å²) in [6.45, 7) is 1.95. The van der Waals surface area contributed by atoms with Crippen LogP contribution in [0.25, 0.3) is 0 Å². The van der Waals surface area contributed by atoms with E-state index in [0.717, 1.165) is 11.6 Å². The van der Waals surface area contributed by atoms with Gasteiger partial charge in [-0.15, -0.1) is 0 Å². The number of nitrogens with zero attached hydrogens (tertiary/aromatic N) is 1.